The molecule has 0 fully saturated rings. The van der Waals surface area contributed by atoms with E-state index in [-0.39, 0.29) is 17.5 Å². The number of carbonyl (C=O) groups excluding carboxylic acids is 1. The molecular formula is C14H13N3OS2. The van der Waals surface area contributed by atoms with Crippen LogP contribution in [0.15, 0.2) is 28.1 Å². The summed E-state index contributed by atoms with van der Waals surface area (Å²) in [6.45, 7) is 3.70. The molecule has 1 N–H and O–H groups in total. The number of amides is 1. The van der Waals surface area contributed by atoms with Gasteiger partial charge in [-0.1, -0.05) is 6.07 Å². The van der Waals surface area contributed by atoms with Crippen LogP contribution in [0.1, 0.15) is 19.4 Å². The Labute approximate surface area is 126 Å². The second-order valence-corrected chi connectivity index (χ2v) is 6.28. The summed E-state index contributed by atoms with van der Waals surface area (Å²) in [7, 11) is 0. The molecule has 0 radical (unpaired) electrons. The Morgan fingerprint density at radius 3 is 2.95 bits per heavy atom. The van der Waals surface area contributed by atoms with Gasteiger partial charge < -0.3 is 5.32 Å². The van der Waals surface area contributed by atoms with E-state index in [1.54, 1.807) is 6.08 Å². The third-order valence-corrected chi connectivity index (χ3v) is 3.69. The van der Waals surface area contributed by atoms with Crippen LogP contribution in [0.25, 0.3) is 16.3 Å². The maximum Gasteiger partial charge on any atom is 0.262 e. The second kappa shape index (κ2) is 6.07. The molecule has 1 amide bonds. The maximum atomic E-state index is 11.8. The van der Waals surface area contributed by atoms with E-state index in [1.165, 1.54) is 11.3 Å². The molecule has 0 spiro atoms. The molecule has 0 unspecified atom stereocenters. The fourth-order valence-electron chi connectivity index (χ4n) is 1.67. The number of thiazole rings is 1. The number of benzene rings is 1. The van der Waals surface area contributed by atoms with Crippen LogP contribution in [-0.4, -0.2) is 16.9 Å². The highest BCUT2D eigenvalue weighted by Gasteiger charge is 2.10. The van der Waals surface area contributed by atoms with Crippen molar-refractivity contribution in [2.24, 2.45) is 0 Å². The summed E-state index contributed by atoms with van der Waals surface area (Å²) in [4.78, 5) is 16.1. The number of carbonyl (C=O) groups is 1. The van der Waals surface area contributed by atoms with Gasteiger partial charge in [0.05, 0.1) is 10.2 Å². The van der Waals surface area contributed by atoms with E-state index < -0.39 is 0 Å². The van der Waals surface area contributed by atoms with Crippen LogP contribution >= 0.6 is 24.0 Å². The topological polar surface area (TPSA) is 65.8 Å². The lowest BCUT2D eigenvalue weighted by molar-refractivity contribution is -0.117. The molecule has 1 aromatic carbocycles. The van der Waals surface area contributed by atoms with Crippen LogP contribution in [0.5, 0.6) is 0 Å². The Hall–Kier alpha value is -1.84. The molecule has 1 heterocycles. The molecule has 102 valence electrons. The van der Waals surface area contributed by atoms with Crippen molar-refractivity contribution < 1.29 is 4.79 Å². The zero-order valence-corrected chi connectivity index (χ0v) is 12.8. The van der Waals surface area contributed by atoms with Crippen molar-refractivity contribution in [1.82, 2.24) is 10.3 Å². The molecule has 0 aliphatic heterocycles. The van der Waals surface area contributed by atoms with Gasteiger partial charge in [-0.2, -0.15) is 5.26 Å². The van der Waals surface area contributed by atoms with Gasteiger partial charge in [-0.25, -0.2) is 4.98 Å². The van der Waals surface area contributed by atoms with Crippen LogP contribution in [0.3, 0.4) is 0 Å². The van der Waals surface area contributed by atoms with E-state index in [1.807, 2.05) is 38.1 Å². The van der Waals surface area contributed by atoms with Crippen molar-refractivity contribution >= 4 is 46.2 Å². The van der Waals surface area contributed by atoms with E-state index in [2.05, 4.69) is 22.9 Å². The highest BCUT2D eigenvalue weighted by Crippen LogP contribution is 2.26. The smallest absolute Gasteiger partial charge is 0.262 e. The number of nitrogens with one attached hydrogen (secondary N) is 1. The minimum absolute atomic E-state index is 0.00466. The van der Waals surface area contributed by atoms with Gasteiger partial charge in [-0.3, -0.25) is 4.79 Å². The number of nitrogens with zero attached hydrogens (tertiary/aromatic N) is 2. The Morgan fingerprint density at radius 1 is 1.55 bits per heavy atom. The predicted molar refractivity (Wildman–Crippen MR) is 83.7 cm³/mol. The lowest BCUT2D eigenvalue weighted by Gasteiger charge is -2.06. The number of rotatable bonds is 3. The summed E-state index contributed by atoms with van der Waals surface area (Å²) in [5.41, 5.74) is 1.75. The minimum Gasteiger partial charge on any atom is -0.349 e. The zero-order chi connectivity index (χ0) is 14.7. The van der Waals surface area contributed by atoms with Gasteiger partial charge in [0, 0.05) is 6.04 Å². The normalized spacial score (nSPS) is 11.7. The number of nitriles is 1. The molecule has 2 aromatic rings. The molecule has 20 heavy (non-hydrogen) atoms. The molecule has 0 bridgehead atoms. The minimum atomic E-state index is -0.359. The van der Waals surface area contributed by atoms with E-state index >= 15 is 0 Å². The van der Waals surface area contributed by atoms with Gasteiger partial charge in [0.15, 0.2) is 0 Å². The SMILES string of the molecule is CC(C)NC(=O)C(C#N)=Cc1ccc2nc(S)sc2c1. The van der Waals surface area contributed by atoms with Crippen molar-refractivity contribution in [3.63, 3.8) is 0 Å². The monoisotopic (exact) mass is 303 g/mol. The third-order valence-electron chi connectivity index (χ3n) is 2.50. The van der Waals surface area contributed by atoms with Gasteiger partial charge in [-0.05, 0) is 37.6 Å². The van der Waals surface area contributed by atoms with Crippen molar-refractivity contribution in [2.45, 2.75) is 24.2 Å². The maximum absolute atomic E-state index is 11.8. The summed E-state index contributed by atoms with van der Waals surface area (Å²) in [5, 5.41) is 11.8. The largest absolute Gasteiger partial charge is 0.349 e. The van der Waals surface area contributed by atoms with E-state index in [4.69, 9.17) is 5.26 Å². The van der Waals surface area contributed by atoms with E-state index in [0.29, 0.717) is 4.34 Å². The average Bonchev–Trinajstić information content (AvgIpc) is 2.74. The van der Waals surface area contributed by atoms with Gasteiger partial charge >= 0.3 is 0 Å². The van der Waals surface area contributed by atoms with Gasteiger partial charge in [0.1, 0.15) is 16.0 Å². The van der Waals surface area contributed by atoms with Gasteiger partial charge in [0.25, 0.3) is 5.91 Å². The molecule has 4 nitrogen and oxygen atoms in total. The summed E-state index contributed by atoms with van der Waals surface area (Å²) < 4.78 is 1.67. The molecule has 1 aromatic heterocycles. The lowest BCUT2D eigenvalue weighted by Crippen LogP contribution is -2.30. The Balaban J connectivity index is 2.34. The molecular weight excluding hydrogens is 290 g/mol. The van der Waals surface area contributed by atoms with Crippen molar-refractivity contribution in [2.75, 3.05) is 0 Å². The van der Waals surface area contributed by atoms with Crippen LogP contribution in [-0.2, 0) is 4.79 Å². The summed E-state index contributed by atoms with van der Waals surface area (Å²) >= 11 is 5.67. The summed E-state index contributed by atoms with van der Waals surface area (Å²) in [6.07, 6.45) is 1.58. The van der Waals surface area contributed by atoms with Crippen LogP contribution in [0.2, 0.25) is 0 Å². The fourth-order valence-corrected chi connectivity index (χ4v) is 2.83. The fraction of sp³-hybridized carbons (Fsp3) is 0.214. The molecule has 0 saturated heterocycles. The average molecular weight is 303 g/mol. The first-order chi connectivity index (χ1) is 9.49. The van der Waals surface area contributed by atoms with Crippen molar-refractivity contribution in [3.05, 3.63) is 29.3 Å². The first kappa shape index (κ1) is 14.6. The quantitative estimate of drug-likeness (QED) is 0.520. The number of hydrogen-bond acceptors (Lipinski definition) is 5. The molecule has 2 rings (SSSR count). The van der Waals surface area contributed by atoms with E-state index in [0.717, 1.165) is 15.8 Å². The zero-order valence-electron chi connectivity index (χ0n) is 11.0. The molecule has 0 atom stereocenters. The molecule has 0 saturated carbocycles. The van der Waals surface area contributed by atoms with Gasteiger partial charge in [-0.15, -0.1) is 24.0 Å². The Morgan fingerprint density at radius 2 is 2.30 bits per heavy atom. The van der Waals surface area contributed by atoms with Crippen molar-refractivity contribution in [1.29, 1.82) is 5.26 Å². The first-order valence-electron chi connectivity index (χ1n) is 6.02. The highest BCUT2D eigenvalue weighted by atomic mass is 32.2. The van der Waals surface area contributed by atoms with Crippen LogP contribution < -0.4 is 5.32 Å². The number of fused-ring (bicyclic) bond motifs is 1. The second-order valence-electron chi connectivity index (χ2n) is 4.52. The van der Waals surface area contributed by atoms with Gasteiger partial charge in [0.2, 0.25) is 0 Å². The van der Waals surface area contributed by atoms with Crippen LogP contribution in [0.4, 0.5) is 0 Å². The first-order valence-corrected chi connectivity index (χ1v) is 7.28. The molecule has 6 heteroatoms. The summed E-state index contributed by atoms with van der Waals surface area (Å²) in [6, 6.07) is 7.50. The number of aromatic nitrogens is 1. The summed E-state index contributed by atoms with van der Waals surface area (Å²) in [5.74, 6) is -0.359. The predicted octanol–water partition coefficient (Wildman–Crippen LogP) is 3.02. The standard InChI is InChI=1S/C14H13N3OS2/c1-8(2)16-13(18)10(7-15)5-9-3-4-11-12(6-9)20-14(19)17-11/h3-6,8H,1-2H3,(H,16,18)(H,17,19). The third kappa shape index (κ3) is 3.38. The molecule has 0 aliphatic rings. The van der Waals surface area contributed by atoms with E-state index in [9.17, 15) is 4.79 Å². The Bertz CT molecular complexity index is 726. The van der Waals surface area contributed by atoms with Crippen LogP contribution in [0, 0.1) is 11.3 Å². The highest BCUT2D eigenvalue weighted by molar-refractivity contribution is 7.82. The molecule has 0 aliphatic carbocycles. The lowest BCUT2D eigenvalue weighted by atomic mass is 10.1. The number of thiol groups is 1. The Kier molecular flexibility index (Phi) is 4.42. The van der Waals surface area contributed by atoms with Crippen molar-refractivity contribution in [3.8, 4) is 6.07 Å². The number of hydrogen-bond donors (Lipinski definition) is 2.